The van der Waals surface area contributed by atoms with E-state index < -0.39 is 30.6 Å². The highest BCUT2D eigenvalue weighted by Crippen LogP contribution is 1.89. The Morgan fingerprint density at radius 1 is 1.00 bits per heavy atom. The second-order valence-electron chi connectivity index (χ2n) is 1.62. The van der Waals surface area contributed by atoms with Crippen molar-refractivity contribution in [1.82, 2.24) is 0 Å². The molecule has 0 aliphatic rings. The van der Waals surface area contributed by atoms with E-state index in [1.54, 1.807) is 0 Å². The Balaban J connectivity index is 0. The molecule has 0 spiro atoms. The minimum absolute atomic E-state index is 0. The number of hydrogen-bond acceptors (Lipinski definition) is 3. The van der Waals surface area contributed by atoms with Gasteiger partial charge in [0.2, 0.25) is 5.78 Å². The van der Waals surface area contributed by atoms with E-state index in [0.29, 0.717) is 0 Å². The van der Waals surface area contributed by atoms with Crippen LogP contribution < -0.4 is 0 Å². The minimum Gasteiger partial charge on any atom is -0.481 e. The quantitative estimate of drug-likeness (QED) is 0.594. The van der Waals surface area contributed by atoms with Crippen LogP contribution in [0, 0.1) is 0 Å². The number of hydrogen-bond donors (Lipinski definition) is 2. The van der Waals surface area contributed by atoms with Gasteiger partial charge in [-0.15, -0.1) is 12.4 Å². The number of rotatable bonds is 4. The van der Waals surface area contributed by atoms with Gasteiger partial charge in [0.15, 0.2) is 0 Å². The van der Waals surface area contributed by atoms with E-state index in [0.717, 1.165) is 0 Å². The molecule has 0 aliphatic heterocycles. The van der Waals surface area contributed by atoms with Crippen LogP contribution in [-0.4, -0.2) is 27.9 Å². The zero-order chi connectivity index (χ0) is 8.15. The Bertz CT molecular complexity index is 176. The molecule has 2 N–H and O–H groups in total. The van der Waals surface area contributed by atoms with Crippen molar-refractivity contribution >= 4 is 30.1 Å². The number of carboxylic acids is 2. The lowest BCUT2D eigenvalue weighted by Gasteiger charge is -1.88. The number of ketones is 1. The van der Waals surface area contributed by atoms with E-state index in [2.05, 4.69) is 0 Å². The molecule has 0 heterocycles. The maximum atomic E-state index is 10.2. The maximum absolute atomic E-state index is 10.2. The van der Waals surface area contributed by atoms with Gasteiger partial charge in [-0.1, -0.05) is 0 Å². The molecule has 0 saturated carbocycles. The third-order valence-corrected chi connectivity index (χ3v) is 0.804. The zero-order valence-corrected chi connectivity index (χ0v) is 6.26. The number of aliphatic carboxylic acids is 2. The molecule has 0 radical (unpaired) electrons. The van der Waals surface area contributed by atoms with Gasteiger partial charge in [0.05, 0.1) is 6.42 Å². The molecule has 0 unspecified atom stereocenters. The summed E-state index contributed by atoms with van der Waals surface area (Å²) in [5.74, 6) is -3.82. The summed E-state index contributed by atoms with van der Waals surface area (Å²) in [5.41, 5.74) is 0. The van der Waals surface area contributed by atoms with Crippen molar-refractivity contribution in [2.24, 2.45) is 0 Å². The lowest BCUT2D eigenvalue weighted by Crippen LogP contribution is -2.13. The van der Waals surface area contributed by atoms with Crippen LogP contribution in [0.4, 0.5) is 0 Å². The van der Waals surface area contributed by atoms with Gasteiger partial charge in [-0.25, -0.2) is 4.79 Å². The molecule has 0 aromatic rings. The number of carbonyl (C=O) groups excluding carboxylic acids is 1. The van der Waals surface area contributed by atoms with Crippen LogP contribution >= 0.6 is 12.4 Å². The summed E-state index contributed by atoms with van der Waals surface area (Å²) >= 11 is 0. The van der Waals surface area contributed by atoms with Crippen molar-refractivity contribution in [2.45, 2.75) is 12.8 Å². The number of Topliss-reactive ketones (excluding diaryl/α,β-unsaturated/α-hetero) is 1. The molecular formula is C5H7ClO5. The third-order valence-electron chi connectivity index (χ3n) is 0.804. The van der Waals surface area contributed by atoms with Crippen LogP contribution in [0.5, 0.6) is 0 Å². The molecule has 0 rings (SSSR count). The van der Waals surface area contributed by atoms with Crippen LogP contribution in [0.2, 0.25) is 0 Å². The van der Waals surface area contributed by atoms with Crippen LogP contribution in [0.1, 0.15) is 12.8 Å². The predicted octanol–water partition coefficient (Wildman–Crippen LogP) is -0.0733. The van der Waals surface area contributed by atoms with E-state index in [-0.39, 0.29) is 12.4 Å². The van der Waals surface area contributed by atoms with Crippen LogP contribution in [0.3, 0.4) is 0 Å². The maximum Gasteiger partial charge on any atom is 0.372 e. The fraction of sp³-hybridized carbons (Fsp3) is 0.400. The van der Waals surface area contributed by atoms with E-state index in [1.807, 2.05) is 0 Å². The monoisotopic (exact) mass is 182 g/mol. The first kappa shape index (κ1) is 12.6. The summed E-state index contributed by atoms with van der Waals surface area (Å²) in [6.07, 6.45) is -0.865. The third kappa shape index (κ3) is 6.79. The second kappa shape index (κ2) is 5.67. The average Bonchev–Trinajstić information content (AvgIpc) is 1.82. The summed E-state index contributed by atoms with van der Waals surface area (Å²) in [6.45, 7) is 0. The van der Waals surface area contributed by atoms with Crippen LogP contribution in [0.25, 0.3) is 0 Å². The lowest BCUT2D eigenvalue weighted by molar-refractivity contribution is -0.149. The summed E-state index contributed by atoms with van der Waals surface area (Å²) in [5, 5.41) is 16.0. The normalized spacial score (nSPS) is 8.00. The highest BCUT2D eigenvalue weighted by Gasteiger charge is 2.12. The smallest absolute Gasteiger partial charge is 0.372 e. The molecule has 64 valence electrons. The minimum atomic E-state index is -1.58. The fourth-order valence-corrected chi connectivity index (χ4v) is 0.327. The summed E-state index contributed by atoms with van der Waals surface area (Å²) < 4.78 is 0. The van der Waals surface area contributed by atoms with Gasteiger partial charge >= 0.3 is 11.9 Å². The van der Waals surface area contributed by atoms with E-state index >= 15 is 0 Å². The lowest BCUT2D eigenvalue weighted by atomic mass is 10.2. The van der Waals surface area contributed by atoms with Gasteiger partial charge in [-0.05, 0) is 0 Å². The number of halogens is 1. The van der Waals surface area contributed by atoms with E-state index in [1.165, 1.54) is 0 Å². The number of carbonyl (C=O) groups is 3. The van der Waals surface area contributed by atoms with Crippen LogP contribution in [-0.2, 0) is 14.4 Å². The topological polar surface area (TPSA) is 91.7 Å². The molecule has 5 nitrogen and oxygen atoms in total. The van der Waals surface area contributed by atoms with Gasteiger partial charge < -0.3 is 10.2 Å². The fourth-order valence-electron chi connectivity index (χ4n) is 0.327. The number of carboxylic acid groups (broad SMARTS) is 2. The van der Waals surface area contributed by atoms with Crippen molar-refractivity contribution < 1.29 is 24.6 Å². The highest BCUT2D eigenvalue weighted by atomic mass is 35.5. The molecule has 0 aromatic carbocycles. The zero-order valence-electron chi connectivity index (χ0n) is 5.44. The van der Waals surface area contributed by atoms with E-state index in [9.17, 15) is 14.4 Å². The van der Waals surface area contributed by atoms with Gasteiger partial charge in [-0.3, -0.25) is 9.59 Å². The molecule has 0 aliphatic carbocycles. The molecule has 0 amide bonds. The predicted molar refractivity (Wildman–Crippen MR) is 36.8 cm³/mol. The van der Waals surface area contributed by atoms with Crippen molar-refractivity contribution in [3.63, 3.8) is 0 Å². The molecular weight excluding hydrogens is 176 g/mol. The van der Waals surface area contributed by atoms with Gasteiger partial charge in [0.1, 0.15) is 0 Å². The summed E-state index contributed by atoms with van der Waals surface area (Å²) in [4.78, 5) is 29.7. The van der Waals surface area contributed by atoms with Crippen LogP contribution in [0.15, 0.2) is 0 Å². The highest BCUT2D eigenvalue weighted by molar-refractivity contribution is 6.32. The SMILES string of the molecule is Cl.O=C(O)CCC(=O)C(=O)O. The Morgan fingerprint density at radius 3 is 1.73 bits per heavy atom. The Kier molecular flexibility index (Phi) is 6.47. The average molecular weight is 183 g/mol. The second-order valence-corrected chi connectivity index (χ2v) is 1.62. The Hall–Kier alpha value is -1.10. The summed E-state index contributed by atoms with van der Waals surface area (Å²) in [7, 11) is 0. The largest absolute Gasteiger partial charge is 0.481 e. The molecule has 11 heavy (non-hydrogen) atoms. The Labute approximate surface area is 68.4 Å². The van der Waals surface area contributed by atoms with E-state index in [4.69, 9.17) is 10.2 Å². The molecule has 0 aromatic heterocycles. The van der Waals surface area contributed by atoms with Crippen molar-refractivity contribution in [3.05, 3.63) is 0 Å². The standard InChI is InChI=1S/C5H6O5.ClH/c6-3(5(9)10)1-2-4(7)8;/h1-2H2,(H,7,8)(H,9,10);1H. The first-order valence-corrected chi connectivity index (χ1v) is 2.52. The van der Waals surface area contributed by atoms with Crippen molar-refractivity contribution in [3.8, 4) is 0 Å². The van der Waals surface area contributed by atoms with Crippen molar-refractivity contribution in [1.29, 1.82) is 0 Å². The molecule has 0 saturated heterocycles. The first-order valence-electron chi connectivity index (χ1n) is 2.52. The van der Waals surface area contributed by atoms with Gasteiger partial charge in [-0.2, -0.15) is 0 Å². The molecule has 0 atom stereocenters. The van der Waals surface area contributed by atoms with Gasteiger partial charge in [0, 0.05) is 6.42 Å². The Morgan fingerprint density at radius 2 is 1.45 bits per heavy atom. The first-order chi connectivity index (χ1) is 4.54. The molecule has 0 bridgehead atoms. The molecule has 6 heteroatoms. The van der Waals surface area contributed by atoms with Gasteiger partial charge in [0.25, 0.3) is 0 Å². The summed E-state index contributed by atoms with van der Waals surface area (Å²) in [6, 6.07) is 0. The van der Waals surface area contributed by atoms with Crippen molar-refractivity contribution in [2.75, 3.05) is 0 Å². The molecule has 0 fully saturated rings.